The number of likely N-dealkylation sites (N-methyl/N-ethyl adjacent to an activating group) is 1. The van der Waals surface area contributed by atoms with Gasteiger partial charge in [0.05, 0.1) is 11.7 Å². The fourth-order valence-electron chi connectivity index (χ4n) is 2.49. The maximum atomic E-state index is 12.2. The standard InChI is InChI=1S/C16H23N5O2/c1-2-21(12-14-6-4-10-23-14)16(22)20-9-8-19-15-13(11-17)5-3-7-18-15/h3,5,7,14H,2,4,6,8-10,12H2,1H3,(H,18,19)(H,20,22)/t14-/m0/s1. The molecule has 0 unspecified atom stereocenters. The zero-order valence-electron chi connectivity index (χ0n) is 13.4. The summed E-state index contributed by atoms with van der Waals surface area (Å²) in [5.41, 5.74) is 0.493. The minimum absolute atomic E-state index is 0.0914. The van der Waals surface area contributed by atoms with Crippen molar-refractivity contribution in [2.75, 3.05) is 38.1 Å². The fourth-order valence-corrected chi connectivity index (χ4v) is 2.49. The number of hydrogen-bond donors (Lipinski definition) is 2. The van der Waals surface area contributed by atoms with Gasteiger partial charge in [-0.05, 0) is 31.9 Å². The molecule has 1 aromatic heterocycles. The lowest BCUT2D eigenvalue weighted by molar-refractivity contribution is 0.0827. The molecule has 1 aromatic rings. The summed E-state index contributed by atoms with van der Waals surface area (Å²) in [6.45, 7) is 5.00. The summed E-state index contributed by atoms with van der Waals surface area (Å²) in [5.74, 6) is 0.538. The summed E-state index contributed by atoms with van der Waals surface area (Å²) in [5, 5.41) is 14.9. The number of aromatic nitrogens is 1. The molecule has 0 saturated carbocycles. The van der Waals surface area contributed by atoms with Crippen molar-refractivity contribution < 1.29 is 9.53 Å². The number of urea groups is 1. The lowest BCUT2D eigenvalue weighted by Crippen LogP contribution is -2.44. The number of pyridine rings is 1. The summed E-state index contributed by atoms with van der Waals surface area (Å²) in [7, 11) is 0. The van der Waals surface area contributed by atoms with Gasteiger partial charge in [0, 0.05) is 39.0 Å². The van der Waals surface area contributed by atoms with Crippen LogP contribution in [0.15, 0.2) is 18.3 Å². The molecule has 23 heavy (non-hydrogen) atoms. The topological polar surface area (TPSA) is 90.3 Å². The Labute approximate surface area is 136 Å². The Bertz CT molecular complexity index is 552. The molecule has 1 saturated heterocycles. The van der Waals surface area contributed by atoms with Gasteiger partial charge in [0.2, 0.25) is 0 Å². The summed E-state index contributed by atoms with van der Waals surface area (Å²) >= 11 is 0. The number of carbonyl (C=O) groups excluding carboxylic acids is 1. The molecule has 0 aromatic carbocycles. The van der Waals surface area contributed by atoms with Gasteiger partial charge >= 0.3 is 6.03 Å². The third-order valence-electron chi connectivity index (χ3n) is 3.74. The Kier molecular flexibility index (Phi) is 6.63. The average Bonchev–Trinajstić information content (AvgIpc) is 3.09. The van der Waals surface area contributed by atoms with E-state index in [4.69, 9.17) is 10.00 Å². The number of anilines is 1. The van der Waals surface area contributed by atoms with Gasteiger partial charge < -0.3 is 20.3 Å². The smallest absolute Gasteiger partial charge is 0.317 e. The highest BCUT2D eigenvalue weighted by molar-refractivity contribution is 5.74. The van der Waals surface area contributed by atoms with E-state index in [1.165, 1.54) is 0 Å². The van der Waals surface area contributed by atoms with E-state index in [0.717, 1.165) is 19.4 Å². The Morgan fingerprint density at radius 3 is 3.13 bits per heavy atom. The van der Waals surface area contributed by atoms with E-state index in [0.29, 0.717) is 37.6 Å². The van der Waals surface area contributed by atoms with Crippen LogP contribution in [0, 0.1) is 11.3 Å². The largest absolute Gasteiger partial charge is 0.376 e. The molecule has 0 spiro atoms. The van der Waals surface area contributed by atoms with Crippen molar-refractivity contribution in [3.63, 3.8) is 0 Å². The highest BCUT2D eigenvalue weighted by Crippen LogP contribution is 2.13. The quantitative estimate of drug-likeness (QED) is 0.745. The van der Waals surface area contributed by atoms with Crippen LogP contribution in [0.5, 0.6) is 0 Å². The zero-order chi connectivity index (χ0) is 16.5. The zero-order valence-corrected chi connectivity index (χ0v) is 13.4. The van der Waals surface area contributed by atoms with Crippen molar-refractivity contribution in [2.45, 2.75) is 25.9 Å². The maximum Gasteiger partial charge on any atom is 0.317 e. The van der Waals surface area contributed by atoms with Gasteiger partial charge in [-0.2, -0.15) is 5.26 Å². The first kappa shape index (κ1) is 17.0. The van der Waals surface area contributed by atoms with Crippen molar-refractivity contribution in [3.8, 4) is 6.07 Å². The van der Waals surface area contributed by atoms with Crippen LogP contribution in [0.4, 0.5) is 10.6 Å². The van der Waals surface area contributed by atoms with Gasteiger partial charge in [-0.15, -0.1) is 0 Å². The second-order valence-electron chi connectivity index (χ2n) is 5.34. The summed E-state index contributed by atoms with van der Waals surface area (Å²) in [4.78, 5) is 18.0. The Morgan fingerprint density at radius 1 is 1.57 bits per heavy atom. The SMILES string of the molecule is CCN(C[C@@H]1CCCO1)C(=O)NCCNc1ncccc1C#N. The Balaban J connectivity index is 1.72. The predicted molar refractivity (Wildman–Crippen MR) is 87.1 cm³/mol. The van der Waals surface area contributed by atoms with Gasteiger partial charge in [0.15, 0.2) is 0 Å². The van der Waals surface area contributed by atoms with E-state index in [1.807, 2.05) is 6.92 Å². The fraction of sp³-hybridized carbons (Fsp3) is 0.562. The van der Waals surface area contributed by atoms with Crippen molar-refractivity contribution in [1.29, 1.82) is 5.26 Å². The van der Waals surface area contributed by atoms with Crippen LogP contribution in [0.1, 0.15) is 25.3 Å². The summed E-state index contributed by atoms with van der Waals surface area (Å²) < 4.78 is 5.57. The van der Waals surface area contributed by atoms with Crippen LogP contribution >= 0.6 is 0 Å². The maximum absolute atomic E-state index is 12.2. The van der Waals surface area contributed by atoms with Crippen molar-refractivity contribution in [1.82, 2.24) is 15.2 Å². The van der Waals surface area contributed by atoms with Crippen LogP contribution in [0.2, 0.25) is 0 Å². The molecule has 0 aliphatic carbocycles. The second kappa shape index (κ2) is 8.96. The lowest BCUT2D eigenvalue weighted by atomic mass is 10.2. The number of amides is 2. The molecule has 1 atom stereocenters. The molecule has 1 aliphatic rings. The molecule has 1 fully saturated rings. The van der Waals surface area contributed by atoms with Gasteiger partial charge in [-0.25, -0.2) is 9.78 Å². The minimum Gasteiger partial charge on any atom is -0.376 e. The molecule has 0 bridgehead atoms. The van der Waals surface area contributed by atoms with Gasteiger partial charge in [-0.3, -0.25) is 0 Å². The molecule has 1 aliphatic heterocycles. The molecule has 2 rings (SSSR count). The predicted octanol–water partition coefficient (Wildman–Crippen LogP) is 1.58. The van der Waals surface area contributed by atoms with E-state index in [-0.39, 0.29) is 12.1 Å². The van der Waals surface area contributed by atoms with E-state index in [1.54, 1.807) is 23.2 Å². The number of carbonyl (C=O) groups is 1. The molecule has 7 nitrogen and oxygen atoms in total. The van der Waals surface area contributed by atoms with Crippen LogP contribution in [-0.4, -0.2) is 54.8 Å². The minimum atomic E-state index is -0.0914. The molecule has 2 heterocycles. The Morgan fingerprint density at radius 2 is 2.43 bits per heavy atom. The number of nitriles is 1. The third kappa shape index (κ3) is 5.11. The second-order valence-corrected chi connectivity index (χ2v) is 5.34. The molecule has 2 N–H and O–H groups in total. The van der Waals surface area contributed by atoms with Gasteiger partial charge in [-0.1, -0.05) is 0 Å². The van der Waals surface area contributed by atoms with E-state index in [2.05, 4.69) is 21.7 Å². The lowest BCUT2D eigenvalue weighted by Gasteiger charge is -2.24. The van der Waals surface area contributed by atoms with Crippen molar-refractivity contribution >= 4 is 11.8 Å². The highest BCUT2D eigenvalue weighted by Gasteiger charge is 2.21. The van der Waals surface area contributed by atoms with Crippen LogP contribution in [-0.2, 0) is 4.74 Å². The Hall–Kier alpha value is -2.33. The van der Waals surface area contributed by atoms with Crippen molar-refractivity contribution in [2.24, 2.45) is 0 Å². The first-order chi connectivity index (χ1) is 11.2. The first-order valence-corrected chi connectivity index (χ1v) is 7.98. The number of ether oxygens (including phenoxy) is 1. The van der Waals surface area contributed by atoms with E-state index < -0.39 is 0 Å². The number of nitrogens with zero attached hydrogens (tertiary/aromatic N) is 3. The van der Waals surface area contributed by atoms with Gasteiger partial charge in [0.1, 0.15) is 11.9 Å². The van der Waals surface area contributed by atoms with Crippen LogP contribution in [0.25, 0.3) is 0 Å². The molecular weight excluding hydrogens is 294 g/mol. The van der Waals surface area contributed by atoms with E-state index in [9.17, 15) is 4.79 Å². The number of nitrogens with one attached hydrogen (secondary N) is 2. The molecule has 0 radical (unpaired) electrons. The monoisotopic (exact) mass is 317 g/mol. The number of rotatable bonds is 7. The summed E-state index contributed by atoms with van der Waals surface area (Å²) in [6.07, 6.45) is 3.87. The third-order valence-corrected chi connectivity index (χ3v) is 3.74. The van der Waals surface area contributed by atoms with Crippen LogP contribution < -0.4 is 10.6 Å². The summed E-state index contributed by atoms with van der Waals surface area (Å²) in [6, 6.07) is 5.41. The molecule has 2 amide bonds. The molecule has 124 valence electrons. The normalized spacial score (nSPS) is 16.6. The number of hydrogen-bond acceptors (Lipinski definition) is 5. The van der Waals surface area contributed by atoms with Crippen LogP contribution in [0.3, 0.4) is 0 Å². The molecule has 7 heteroatoms. The van der Waals surface area contributed by atoms with Gasteiger partial charge in [0.25, 0.3) is 0 Å². The first-order valence-electron chi connectivity index (χ1n) is 7.98. The van der Waals surface area contributed by atoms with Crippen molar-refractivity contribution in [3.05, 3.63) is 23.9 Å². The van der Waals surface area contributed by atoms with E-state index >= 15 is 0 Å². The average molecular weight is 317 g/mol. The highest BCUT2D eigenvalue weighted by atomic mass is 16.5. The molecular formula is C16H23N5O2.